The summed E-state index contributed by atoms with van der Waals surface area (Å²) in [4.78, 5) is 31.0. The number of carboxylic acids is 1. The summed E-state index contributed by atoms with van der Waals surface area (Å²) in [5.41, 5.74) is 1.95. The average Bonchev–Trinajstić information content (AvgIpc) is 2.59. The minimum absolute atomic E-state index is 0.0226. The third-order valence-corrected chi connectivity index (χ3v) is 3.37. The largest absolute Gasteiger partial charge is 0.478 e. The molecule has 0 aliphatic carbocycles. The number of hydrogen-bond donors (Lipinski definition) is 1. The van der Waals surface area contributed by atoms with Crippen molar-refractivity contribution in [2.45, 2.75) is 19.8 Å². The molecule has 0 spiro atoms. The zero-order valence-electron chi connectivity index (χ0n) is 13.7. The molecule has 1 heterocycles. The van der Waals surface area contributed by atoms with Gasteiger partial charge in [0.05, 0.1) is 23.9 Å². The van der Waals surface area contributed by atoms with Crippen LogP contribution < -0.4 is 0 Å². The summed E-state index contributed by atoms with van der Waals surface area (Å²) in [7, 11) is 1.33. The predicted octanol–water partition coefficient (Wildman–Crippen LogP) is 3.26. The van der Waals surface area contributed by atoms with E-state index in [1.807, 2.05) is 13.8 Å². The van der Waals surface area contributed by atoms with Gasteiger partial charge in [-0.2, -0.15) is 0 Å². The minimum atomic E-state index is -1.03. The van der Waals surface area contributed by atoms with Gasteiger partial charge in [0.15, 0.2) is 5.82 Å². The number of aromatic nitrogens is 2. The Morgan fingerprint density at radius 1 is 1.17 bits per heavy atom. The molecule has 6 nitrogen and oxygen atoms in total. The number of hydrogen-bond acceptors (Lipinski definition) is 5. The summed E-state index contributed by atoms with van der Waals surface area (Å²) >= 11 is 0. The van der Waals surface area contributed by atoms with Crippen LogP contribution in [0.4, 0.5) is 0 Å². The summed E-state index contributed by atoms with van der Waals surface area (Å²) in [6, 6.07) is 6.88. The number of benzene rings is 1. The van der Waals surface area contributed by atoms with Crippen LogP contribution in [0.15, 0.2) is 30.5 Å². The van der Waals surface area contributed by atoms with Crippen molar-refractivity contribution in [1.82, 2.24) is 9.97 Å². The van der Waals surface area contributed by atoms with E-state index in [2.05, 4.69) is 14.7 Å². The van der Waals surface area contributed by atoms with E-state index < -0.39 is 5.97 Å². The third-order valence-electron chi connectivity index (χ3n) is 3.37. The van der Waals surface area contributed by atoms with Gasteiger partial charge in [0.1, 0.15) is 0 Å². The van der Waals surface area contributed by atoms with Crippen molar-refractivity contribution in [1.29, 1.82) is 0 Å². The molecule has 0 radical (unpaired) electrons. The molecule has 1 N–H and O–H groups in total. The third kappa shape index (κ3) is 4.04. The van der Waals surface area contributed by atoms with Crippen LogP contribution in [0.3, 0.4) is 0 Å². The van der Waals surface area contributed by atoms with Crippen LogP contribution in [0.25, 0.3) is 12.2 Å². The zero-order chi connectivity index (χ0) is 17.7. The number of rotatable bonds is 5. The fraction of sp³-hybridized carbons (Fsp3) is 0.222. The van der Waals surface area contributed by atoms with E-state index in [0.717, 1.165) is 5.56 Å². The van der Waals surface area contributed by atoms with Gasteiger partial charge in [-0.1, -0.05) is 32.1 Å². The number of carboxylic acid groups (broad SMARTS) is 1. The molecule has 0 saturated heterocycles. The molecule has 0 atom stereocenters. The van der Waals surface area contributed by atoms with Gasteiger partial charge in [-0.05, 0) is 29.7 Å². The lowest BCUT2D eigenvalue weighted by Gasteiger charge is -2.08. The SMILES string of the molecule is COC(=O)c1ccc(/C=C/c2ncc(C(=O)O)c(C(C)C)n2)cc1. The van der Waals surface area contributed by atoms with Crippen molar-refractivity contribution >= 4 is 24.1 Å². The molecule has 0 amide bonds. The van der Waals surface area contributed by atoms with E-state index in [-0.39, 0.29) is 17.5 Å². The minimum Gasteiger partial charge on any atom is -0.478 e. The van der Waals surface area contributed by atoms with Crippen LogP contribution in [0.2, 0.25) is 0 Å². The van der Waals surface area contributed by atoms with E-state index in [1.54, 1.807) is 36.4 Å². The van der Waals surface area contributed by atoms with Crippen LogP contribution in [-0.2, 0) is 4.74 Å². The van der Waals surface area contributed by atoms with E-state index in [9.17, 15) is 9.59 Å². The Bertz CT molecular complexity index is 780. The first kappa shape index (κ1) is 17.3. The molecular weight excluding hydrogens is 308 g/mol. The Hall–Kier alpha value is -3.02. The number of carbonyl (C=O) groups is 2. The van der Waals surface area contributed by atoms with E-state index >= 15 is 0 Å². The van der Waals surface area contributed by atoms with Crippen LogP contribution >= 0.6 is 0 Å². The first-order valence-corrected chi connectivity index (χ1v) is 7.39. The molecule has 2 rings (SSSR count). The van der Waals surface area contributed by atoms with Gasteiger partial charge in [0.2, 0.25) is 0 Å². The normalized spacial score (nSPS) is 11.0. The summed E-state index contributed by atoms with van der Waals surface area (Å²) in [5.74, 6) is -1.02. The Morgan fingerprint density at radius 3 is 2.38 bits per heavy atom. The van der Waals surface area contributed by atoms with Gasteiger partial charge in [0.25, 0.3) is 0 Å². The molecule has 6 heteroatoms. The van der Waals surface area contributed by atoms with Crippen LogP contribution in [0.5, 0.6) is 0 Å². The highest BCUT2D eigenvalue weighted by atomic mass is 16.5. The highest BCUT2D eigenvalue weighted by molar-refractivity contribution is 5.90. The number of esters is 1. The van der Waals surface area contributed by atoms with E-state index in [4.69, 9.17) is 5.11 Å². The molecule has 0 bridgehead atoms. The highest BCUT2D eigenvalue weighted by Crippen LogP contribution is 2.17. The van der Waals surface area contributed by atoms with Gasteiger partial charge in [-0.3, -0.25) is 0 Å². The molecule has 2 aromatic rings. The van der Waals surface area contributed by atoms with E-state index in [1.165, 1.54) is 13.3 Å². The number of methoxy groups -OCH3 is 1. The van der Waals surface area contributed by atoms with Gasteiger partial charge < -0.3 is 9.84 Å². The van der Waals surface area contributed by atoms with Crippen molar-refractivity contribution < 1.29 is 19.4 Å². The summed E-state index contributed by atoms with van der Waals surface area (Å²) in [6.45, 7) is 3.77. The maximum Gasteiger partial charge on any atom is 0.339 e. The second-order valence-corrected chi connectivity index (χ2v) is 5.43. The Balaban J connectivity index is 2.24. The molecule has 0 unspecified atom stereocenters. The topological polar surface area (TPSA) is 89.4 Å². The van der Waals surface area contributed by atoms with Crippen molar-refractivity contribution in [3.8, 4) is 0 Å². The van der Waals surface area contributed by atoms with Crippen LogP contribution in [0.1, 0.15) is 57.6 Å². The summed E-state index contributed by atoms with van der Waals surface area (Å²) in [6.07, 6.45) is 4.82. The van der Waals surface area contributed by atoms with E-state index in [0.29, 0.717) is 17.1 Å². The number of nitrogens with zero attached hydrogens (tertiary/aromatic N) is 2. The van der Waals surface area contributed by atoms with Crippen LogP contribution in [0, 0.1) is 0 Å². The Kier molecular flexibility index (Phi) is 5.42. The number of ether oxygens (including phenoxy) is 1. The second kappa shape index (κ2) is 7.50. The molecule has 124 valence electrons. The summed E-state index contributed by atoms with van der Waals surface area (Å²) < 4.78 is 4.65. The predicted molar refractivity (Wildman–Crippen MR) is 89.8 cm³/mol. The van der Waals surface area contributed by atoms with Gasteiger partial charge in [-0.15, -0.1) is 0 Å². The smallest absolute Gasteiger partial charge is 0.339 e. The lowest BCUT2D eigenvalue weighted by atomic mass is 10.1. The maximum atomic E-state index is 11.4. The van der Waals surface area contributed by atoms with Gasteiger partial charge >= 0.3 is 11.9 Å². The zero-order valence-corrected chi connectivity index (χ0v) is 13.7. The average molecular weight is 326 g/mol. The second-order valence-electron chi connectivity index (χ2n) is 5.43. The number of carbonyl (C=O) groups excluding carboxylic acids is 1. The lowest BCUT2D eigenvalue weighted by molar-refractivity contribution is 0.0599. The molecule has 0 aliphatic heterocycles. The molecule has 1 aromatic heterocycles. The first-order valence-electron chi connectivity index (χ1n) is 7.39. The highest BCUT2D eigenvalue weighted by Gasteiger charge is 2.15. The Morgan fingerprint density at radius 2 is 1.83 bits per heavy atom. The molecule has 24 heavy (non-hydrogen) atoms. The quantitative estimate of drug-likeness (QED) is 0.848. The molecule has 0 saturated carbocycles. The molecule has 0 fully saturated rings. The van der Waals surface area contributed by atoms with Crippen molar-refractivity contribution in [3.63, 3.8) is 0 Å². The van der Waals surface area contributed by atoms with Crippen molar-refractivity contribution in [2.75, 3.05) is 7.11 Å². The fourth-order valence-electron chi connectivity index (χ4n) is 2.11. The maximum absolute atomic E-state index is 11.4. The van der Waals surface area contributed by atoms with Crippen molar-refractivity contribution in [3.05, 3.63) is 58.7 Å². The fourth-order valence-corrected chi connectivity index (χ4v) is 2.11. The molecule has 1 aromatic carbocycles. The van der Waals surface area contributed by atoms with Gasteiger partial charge in [0, 0.05) is 6.20 Å². The number of aromatic carboxylic acids is 1. The monoisotopic (exact) mass is 326 g/mol. The Labute approximate surface area is 139 Å². The molecular formula is C18H18N2O4. The summed E-state index contributed by atoms with van der Waals surface area (Å²) in [5, 5.41) is 9.17. The lowest BCUT2D eigenvalue weighted by Crippen LogP contribution is -2.08. The van der Waals surface area contributed by atoms with Crippen LogP contribution in [-0.4, -0.2) is 34.1 Å². The first-order chi connectivity index (χ1) is 11.4. The van der Waals surface area contributed by atoms with Crippen molar-refractivity contribution in [2.24, 2.45) is 0 Å². The standard InChI is InChI=1S/C18H18N2O4/c1-11(2)16-14(17(21)22)10-19-15(20-16)9-6-12-4-7-13(8-5-12)18(23)24-3/h4-11H,1-3H3,(H,21,22)/b9-6+. The molecule has 0 aliphatic rings. The van der Waals surface area contributed by atoms with Gasteiger partial charge in [-0.25, -0.2) is 19.6 Å².